The topological polar surface area (TPSA) is 72.5 Å². The summed E-state index contributed by atoms with van der Waals surface area (Å²) in [5, 5.41) is 8.64. The van der Waals surface area contributed by atoms with E-state index in [1.807, 2.05) is 6.92 Å². The molecule has 0 radical (unpaired) electrons. The van der Waals surface area contributed by atoms with E-state index in [1.165, 1.54) is 19.3 Å². The van der Waals surface area contributed by atoms with Crippen LogP contribution in [0.2, 0.25) is 0 Å². The van der Waals surface area contributed by atoms with Crippen LogP contribution in [0.15, 0.2) is 0 Å². The zero-order chi connectivity index (χ0) is 11.7. The number of hydrogen-bond acceptors (Lipinski definition) is 4. The molecule has 0 bridgehead atoms. The number of esters is 1. The molecule has 15 heavy (non-hydrogen) atoms. The number of rotatable bonds is 8. The molecule has 2 atom stereocenters. The lowest BCUT2D eigenvalue weighted by Gasteiger charge is -2.15. The second-order valence-corrected chi connectivity index (χ2v) is 3.89. The quantitative estimate of drug-likeness (QED) is 0.473. The highest BCUT2D eigenvalue weighted by Gasteiger charge is 2.16. The van der Waals surface area contributed by atoms with Crippen LogP contribution in [-0.4, -0.2) is 29.8 Å². The maximum absolute atomic E-state index is 11.2. The number of hydrogen-bond donors (Lipinski definition) is 2. The molecule has 0 aliphatic heterocycles. The SMILES string of the molecule is CCCCCCC(C)OC(=O)[C@H](N)CO. The first-order valence-corrected chi connectivity index (χ1v) is 5.68. The number of carbonyl (C=O) groups excluding carboxylic acids is 1. The van der Waals surface area contributed by atoms with Gasteiger partial charge in [0.1, 0.15) is 6.04 Å². The van der Waals surface area contributed by atoms with Crippen molar-refractivity contribution in [1.29, 1.82) is 0 Å². The van der Waals surface area contributed by atoms with Crippen LogP contribution in [0.3, 0.4) is 0 Å². The minimum atomic E-state index is -0.900. The van der Waals surface area contributed by atoms with E-state index in [2.05, 4.69) is 6.92 Å². The highest BCUT2D eigenvalue weighted by atomic mass is 16.5. The normalized spacial score (nSPS) is 14.7. The zero-order valence-electron chi connectivity index (χ0n) is 9.74. The molecule has 0 spiro atoms. The average molecular weight is 217 g/mol. The summed E-state index contributed by atoms with van der Waals surface area (Å²) < 4.78 is 5.06. The van der Waals surface area contributed by atoms with E-state index in [1.54, 1.807) is 0 Å². The van der Waals surface area contributed by atoms with Crippen LogP contribution >= 0.6 is 0 Å². The van der Waals surface area contributed by atoms with Crippen molar-refractivity contribution < 1.29 is 14.6 Å². The van der Waals surface area contributed by atoms with Crippen LogP contribution < -0.4 is 5.73 Å². The van der Waals surface area contributed by atoms with E-state index in [0.717, 1.165) is 12.8 Å². The van der Waals surface area contributed by atoms with Crippen molar-refractivity contribution in [3.63, 3.8) is 0 Å². The minimum absolute atomic E-state index is 0.105. The lowest BCUT2D eigenvalue weighted by molar-refractivity contribution is -0.151. The van der Waals surface area contributed by atoms with Crippen molar-refractivity contribution in [3.8, 4) is 0 Å². The van der Waals surface area contributed by atoms with Gasteiger partial charge in [-0.2, -0.15) is 0 Å². The van der Waals surface area contributed by atoms with Crippen LogP contribution in [0.4, 0.5) is 0 Å². The molecule has 0 aromatic carbocycles. The van der Waals surface area contributed by atoms with Gasteiger partial charge >= 0.3 is 5.97 Å². The Labute approximate surface area is 91.8 Å². The Morgan fingerprint density at radius 1 is 1.40 bits per heavy atom. The van der Waals surface area contributed by atoms with Gasteiger partial charge in [-0.25, -0.2) is 0 Å². The zero-order valence-corrected chi connectivity index (χ0v) is 9.74. The second-order valence-electron chi connectivity index (χ2n) is 3.89. The summed E-state index contributed by atoms with van der Waals surface area (Å²) in [5.74, 6) is -0.513. The standard InChI is InChI=1S/C11H23NO3/c1-3-4-5-6-7-9(2)15-11(14)10(12)8-13/h9-10,13H,3-8,12H2,1-2H3/t9?,10-/m1/s1. The molecule has 0 rings (SSSR count). The molecular weight excluding hydrogens is 194 g/mol. The number of aliphatic hydroxyl groups excluding tert-OH is 1. The van der Waals surface area contributed by atoms with Crippen molar-refractivity contribution in [2.75, 3.05) is 6.61 Å². The molecule has 0 heterocycles. The fourth-order valence-corrected chi connectivity index (χ4v) is 1.28. The molecule has 3 N–H and O–H groups in total. The smallest absolute Gasteiger partial charge is 0.325 e. The molecule has 1 unspecified atom stereocenters. The lowest BCUT2D eigenvalue weighted by atomic mass is 10.1. The maximum atomic E-state index is 11.2. The van der Waals surface area contributed by atoms with Crippen LogP contribution in [0.1, 0.15) is 46.0 Å². The average Bonchev–Trinajstić information content (AvgIpc) is 2.23. The summed E-state index contributed by atoms with van der Waals surface area (Å²) >= 11 is 0. The molecule has 0 aromatic rings. The van der Waals surface area contributed by atoms with E-state index in [4.69, 9.17) is 15.6 Å². The van der Waals surface area contributed by atoms with Gasteiger partial charge in [-0.3, -0.25) is 4.79 Å². The largest absolute Gasteiger partial charge is 0.461 e. The van der Waals surface area contributed by atoms with Gasteiger partial charge in [0.25, 0.3) is 0 Å². The predicted octanol–water partition coefficient (Wildman–Crippen LogP) is 1.21. The summed E-state index contributed by atoms with van der Waals surface area (Å²) in [4.78, 5) is 11.2. The summed E-state index contributed by atoms with van der Waals surface area (Å²) in [5.41, 5.74) is 5.32. The highest BCUT2D eigenvalue weighted by Crippen LogP contribution is 2.08. The van der Waals surface area contributed by atoms with E-state index in [0.29, 0.717) is 0 Å². The van der Waals surface area contributed by atoms with Crippen molar-refractivity contribution >= 4 is 5.97 Å². The van der Waals surface area contributed by atoms with E-state index in [9.17, 15) is 4.79 Å². The molecule has 0 amide bonds. The molecule has 0 aliphatic carbocycles. The molecule has 4 heteroatoms. The maximum Gasteiger partial charge on any atom is 0.325 e. The Kier molecular flexibility index (Phi) is 8.33. The van der Waals surface area contributed by atoms with E-state index < -0.39 is 12.0 Å². The summed E-state index contributed by atoms with van der Waals surface area (Å²) in [7, 11) is 0. The monoisotopic (exact) mass is 217 g/mol. The van der Waals surface area contributed by atoms with Crippen LogP contribution in [0, 0.1) is 0 Å². The Balaban J connectivity index is 3.55. The Morgan fingerprint density at radius 3 is 2.60 bits per heavy atom. The van der Waals surface area contributed by atoms with Crippen molar-refractivity contribution in [3.05, 3.63) is 0 Å². The minimum Gasteiger partial charge on any atom is -0.461 e. The Morgan fingerprint density at radius 2 is 2.07 bits per heavy atom. The van der Waals surface area contributed by atoms with E-state index in [-0.39, 0.29) is 12.7 Å². The third-order valence-corrected chi connectivity index (χ3v) is 2.28. The van der Waals surface area contributed by atoms with E-state index >= 15 is 0 Å². The van der Waals surface area contributed by atoms with Crippen LogP contribution in [0.25, 0.3) is 0 Å². The van der Waals surface area contributed by atoms with Gasteiger partial charge in [0.2, 0.25) is 0 Å². The molecule has 0 aliphatic rings. The van der Waals surface area contributed by atoms with Gasteiger partial charge in [-0.15, -0.1) is 0 Å². The van der Waals surface area contributed by atoms with Crippen molar-refractivity contribution in [2.45, 2.75) is 58.1 Å². The fourth-order valence-electron chi connectivity index (χ4n) is 1.28. The number of nitrogens with two attached hydrogens (primary N) is 1. The van der Waals surface area contributed by atoms with Crippen LogP contribution in [-0.2, 0) is 9.53 Å². The first-order chi connectivity index (χ1) is 7.11. The molecule has 0 saturated heterocycles. The molecule has 0 fully saturated rings. The summed E-state index contributed by atoms with van der Waals surface area (Å²) in [6.45, 7) is 3.65. The molecular formula is C11H23NO3. The Bertz CT molecular complexity index is 173. The van der Waals surface area contributed by atoms with Gasteiger partial charge < -0.3 is 15.6 Å². The number of ether oxygens (including phenoxy) is 1. The van der Waals surface area contributed by atoms with Gasteiger partial charge in [0.15, 0.2) is 0 Å². The fraction of sp³-hybridized carbons (Fsp3) is 0.909. The van der Waals surface area contributed by atoms with Gasteiger partial charge in [0, 0.05) is 0 Å². The first kappa shape index (κ1) is 14.4. The molecule has 90 valence electrons. The number of unbranched alkanes of at least 4 members (excludes halogenated alkanes) is 3. The molecule has 4 nitrogen and oxygen atoms in total. The van der Waals surface area contributed by atoms with Crippen LogP contribution in [0.5, 0.6) is 0 Å². The highest BCUT2D eigenvalue weighted by molar-refractivity contribution is 5.75. The second kappa shape index (κ2) is 8.68. The predicted molar refractivity (Wildman–Crippen MR) is 59.4 cm³/mol. The van der Waals surface area contributed by atoms with Gasteiger partial charge in [-0.05, 0) is 19.8 Å². The van der Waals surface area contributed by atoms with Gasteiger partial charge in [-0.1, -0.05) is 26.2 Å². The lowest BCUT2D eigenvalue weighted by Crippen LogP contribution is -2.37. The third-order valence-electron chi connectivity index (χ3n) is 2.28. The molecule has 0 saturated carbocycles. The van der Waals surface area contributed by atoms with Crippen molar-refractivity contribution in [2.24, 2.45) is 5.73 Å². The number of aliphatic hydroxyl groups is 1. The first-order valence-electron chi connectivity index (χ1n) is 5.68. The summed E-state index contributed by atoms with van der Waals surface area (Å²) in [6.07, 6.45) is 5.41. The van der Waals surface area contributed by atoms with Gasteiger partial charge in [0.05, 0.1) is 12.7 Å². The Hall–Kier alpha value is -0.610. The number of carbonyl (C=O) groups is 1. The summed E-state index contributed by atoms with van der Waals surface area (Å²) in [6, 6.07) is -0.900. The van der Waals surface area contributed by atoms with Crippen molar-refractivity contribution in [1.82, 2.24) is 0 Å². The third kappa shape index (κ3) is 7.33. The molecule has 0 aromatic heterocycles.